The minimum absolute atomic E-state index is 0.412. The Balaban J connectivity index is 3.01. The van der Waals surface area contributed by atoms with E-state index in [1.54, 1.807) is 11.8 Å². The first-order valence-corrected chi connectivity index (χ1v) is 7.54. The molecule has 1 atom stereocenters. The Hall–Kier alpha value is -1.08. The Morgan fingerprint density at radius 1 is 1.16 bits per heavy atom. The summed E-state index contributed by atoms with van der Waals surface area (Å²) >= 11 is 1.65. The fourth-order valence-corrected chi connectivity index (χ4v) is 2.29. The molecule has 0 amide bonds. The molecule has 0 radical (unpaired) electrons. The number of nitrogen functional groups attached to an aromatic ring is 1. The van der Waals surface area contributed by atoms with E-state index >= 15 is 0 Å². The first kappa shape index (κ1) is 16.0. The second-order valence-corrected chi connectivity index (χ2v) is 5.97. The van der Waals surface area contributed by atoms with Crippen LogP contribution in [0, 0.1) is 5.92 Å². The molecule has 0 aliphatic carbocycles. The number of rotatable bonds is 7. The van der Waals surface area contributed by atoms with Gasteiger partial charge < -0.3 is 4.90 Å². The van der Waals surface area contributed by atoms with Gasteiger partial charge in [0.2, 0.25) is 11.9 Å². The van der Waals surface area contributed by atoms with Crippen molar-refractivity contribution in [2.45, 2.75) is 45.0 Å². The molecule has 0 aliphatic heterocycles. The molecule has 0 saturated carbocycles. The fraction of sp³-hybridized carbons (Fsp3) is 0.750. The van der Waals surface area contributed by atoms with Crippen molar-refractivity contribution >= 4 is 23.7 Å². The van der Waals surface area contributed by atoms with Crippen LogP contribution in [0.2, 0.25) is 0 Å². The summed E-state index contributed by atoms with van der Waals surface area (Å²) in [5.74, 6) is 7.08. The Morgan fingerprint density at radius 2 is 1.79 bits per heavy atom. The van der Waals surface area contributed by atoms with E-state index in [4.69, 9.17) is 5.84 Å². The van der Waals surface area contributed by atoms with Crippen LogP contribution >= 0.6 is 11.8 Å². The van der Waals surface area contributed by atoms with Gasteiger partial charge in [-0.1, -0.05) is 32.5 Å². The number of nitrogens with two attached hydrogens (primary N) is 1. The lowest BCUT2D eigenvalue weighted by Crippen LogP contribution is -2.26. The smallest absolute Gasteiger partial charge is 0.242 e. The highest BCUT2D eigenvalue weighted by Crippen LogP contribution is 2.26. The lowest BCUT2D eigenvalue weighted by Gasteiger charge is -2.20. The van der Waals surface area contributed by atoms with Gasteiger partial charge in [0.1, 0.15) is 0 Å². The molecule has 1 unspecified atom stereocenters. The third kappa shape index (κ3) is 4.50. The maximum atomic E-state index is 5.43. The average Bonchev–Trinajstić information content (AvgIpc) is 2.39. The van der Waals surface area contributed by atoms with E-state index in [2.05, 4.69) is 59.9 Å². The van der Waals surface area contributed by atoms with E-state index < -0.39 is 0 Å². The molecule has 1 rings (SSSR count). The second-order valence-electron chi connectivity index (χ2n) is 4.63. The molecule has 0 spiro atoms. The largest absolute Gasteiger partial charge is 0.341 e. The lowest BCUT2D eigenvalue weighted by atomic mass is 10.2. The number of hydrazine groups is 1. The summed E-state index contributed by atoms with van der Waals surface area (Å²) in [6, 6.07) is 0. The minimum atomic E-state index is 0.412. The number of thioether (sulfide) groups is 1. The molecule has 0 aromatic carbocycles. The van der Waals surface area contributed by atoms with Crippen molar-refractivity contribution in [2.75, 3.05) is 23.4 Å². The molecule has 108 valence electrons. The van der Waals surface area contributed by atoms with E-state index in [0.717, 1.165) is 13.1 Å². The van der Waals surface area contributed by atoms with Crippen molar-refractivity contribution < 1.29 is 0 Å². The summed E-state index contributed by atoms with van der Waals surface area (Å²) in [7, 11) is 0. The standard InChI is InChI=1S/C12H24N6S/c1-6-18(7-2)11-14-10(17-13)15-12(16-11)19-9(5)8(3)4/h8-9H,6-7,13H2,1-5H3,(H,14,15,16,17). The van der Waals surface area contributed by atoms with Crippen LogP contribution in [-0.4, -0.2) is 33.3 Å². The number of hydrogen-bond donors (Lipinski definition) is 2. The molecular formula is C12H24N6S. The zero-order chi connectivity index (χ0) is 14.4. The van der Waals surface area contributed by atoms with E-state index in [1.807, 2.05) is 0 Å². The van der Waals surface area contributed by atoms with Crippen molar-refractivity contribution in [3.8, 4) is 0 Å². The Morgan fingerprint density at radius 3 is 2.26 bits per heavy atom. The zero-order valence-electron chi connectivity index (χ0n) is 12.3. The molecule has 0 bridgehead atoms. The fourth-order valence-electron chi connectivity index (χ4n) is 1.41. The Kier molecular flexibility index (Phi) is 6.30. The van der Waals surface area contributed by atoms with Crippen LogP contribution in [0.4, 0.5) is 11.9 Å². The number of nitrogens with one attached hydrogen (secondary N) is 1. The first-order chi connectivity index (χ1) is 9.01. The van der Waals surface area contributed by atoms with Gasteiger partial charge in [-0.3, -0.25) is 5.43 Å². The number of hydrogen-bond acceptors (Lipinski definition) is 7. The molecule has 0 saturated heterocycles. The SMILES string of the molecule is CCN(CC)c1nc(NN)nc(SC(C)C(C)C)n1. The predicted octanol–water partition coefficient (Wildman–Crippen LogP) is 2.14. The van der Waals surface area contributed by atoms with Crippen LogP contribution in [0.1, 0.15) is 34.6 Å². The summed E-state index contributed by atoms with van der Waals surface area (Å²) in [6.45, 7) is 12.4. The van der Waals surface area contributed by atoms with Gasteiger partial charge >= 0.3 is 0 Å². The molecule has 0 aliphatic rings. The molecule has 7 heteroatoms. The Bertz CT molecular complexity index is 394. The first-order valence-electron chi connectivity index (χ1n) is 6.66. The van der Waals surface area contributed by atoms with Gasteiger partial charge in [0.25, 0.3) is 0 Å². The van der Waals surface area contributed by atoms with Gasteiger partial charge in [0, 0.05) is 18.3 Å². The highest BCUT2D eigenvalue weighted by Gasteiger charge is 2.15. The van der Waals surface area contributed by atoms with Crippen LogP contribution in [0.3, 0.4) is 0 Å². The molecule has 0 fully saturated rings. The van der Waals surface area contributed by atoms with Gasteiger partial charge in [-0.25, -0.2) is 5.84 Å². The van der Waals surface area contributed by atoms with Crippen molar-refractivity contribution in [2.24, 2.45) is 11.8 Å². The van der Waals surface area contributed by atoms with Crippen LogP contribution < -0.4 is 16.2 Å². The van der Waals surface area contributed by atoms with Crippen molar-refractivity contribution in [1.82, 2.24) is 15.0 Å². The highest BCUT2D eigenvalue weighted by atomic mass is 32.2. The summed E-state index contributed by atoms with van der Waals surface area (Å²) < 4.78 is 0. The van der Waals surface area contributed by atoms with E-state index in [9.17, 15) is 0 Å². The zero-order valence-corrected chi connectivity index (χ0v) is 13.2. The van der Waals surface area contributed by atoms with Gasteiger partial charge in [-0.2, -0.15) is 15.0 Å². The molecular weight excluding hydrogens is 260 g/mol. The summed E-state index contributed by atoms with van der Waals surface area (Å²) in [6.07, 6.45) is 0. The molecule has 1 aromatic rings. The van der Waals surface area contributed by atoms with Crippen LogP contribution in [0.5, 0.6) is 0 Å². The van der Waals surface area contributed by atoms with Gasteiger partial charge in [0.15, 0.2) is 5.16 Å². The summed E-state index contributed by atoms with van der Waals surface area (Å²) in [5.41, 5.74) is 2.51. The summed E-state index contributed by atoms with van der Waals surface area (Å²) in [5, 5.41) is 1.16. The van der Waals surface area contributed by atoms with Crippen molar-refractivity contribution in [1.29, 1.82) is 0 Å². The molecule has 1 heterocycles. The maximum absolute atomic E-state index is 5.43. The predicted molar refractivity (Wildman–Crippen MR) is 81.4 cm³/mol. The lowest BCUT2D eigenvalue weighted by molar-refractivity contribution is 0.639. The number of anilines is 2. The topological polar surface area (TPSA) is 80.0 Å². The Labute approximate surface area is 119 Å². The van der Waals surface area contributed by atoms with Crippen molar-refractivity contribution in [3.63, 3.8) is 0 Å². The summed E-state index contributed by atoms with van der Waals surface area (Å²) in [4.78, 5) is 15.2. The molecule has 6 nitrogen and oxygen atoms in total. The minimum Gasteiger partial charge on any atom is -0.341 e. The van der Waals surface area contributed by atoms with Crippen LogP contribution in [0.15, 0.2) is 5.16 Å². The van der Waals surface area contributed by atoms with Gasteiger partial charge in [0.05, 0.1) is 0 Å². The third-order valence-electron chi connectivity index (χ3n) is 3.01. The molecule has 3 N–H and O–H groups in total. The second kappa shape index (κ2) is 7.49. The number of aromatic nitrogens is 3. The van der Waals surface area contributed by atoms with E-state index in [1.165, 1.54) is 0 Å². The third-order valence-corrected chi connectivity index (χ3v) is 4.32. The van der Waals surface area contributed by atoms with E-state index in [0.29, 0.717) is 28.2 Å². The van der Waals surface area contributed by atoms with Crippen LogP contribution in [-0.2, 0) is 0 Å². The quantitative estimate of drug-likeness (QED) is 0.451. The number of nitrogens with zero attached hydrogens (tertiary/aromatic N) is 4. The van der Waals surface area contributed by atoms with Gasteiger partial charge in [-0.15, -0.1) is 0 Å². The van der Waals surface area contributed by atoms with Gasteiger partial charge in [-0.05, 0) is 19.8 Å². The average molecular weight is 284 g/mol. The molecule has 19 heavy (non-hydrogen) atoms. The van der Waals surface area contributed by atoms with E-state index in [-0.39, 0.29) is 0 Å². The van der Waals surface area contributed by atoms with Crippen molar-refractivity contribution in [3.05, 3.63) is 0 Å². The monoisotopic (exact) mass is 284 g/mol. The molecule has 1 aromatic heterocycles. The van der Waals surface area contributed by atoms with Crippen LogP contribution in [0.25, 0.3) is 0 Å². The highest BCUT2D eigenvalue weighted by molar-refractivity contribution is 7.99. The maximum Gasteiger partial charge on any atom is 0.242 e. The normalized spacial score (nSPS) is 12.6.